The average Bonchev–Trinajstić information content (AvgIpc) is 3.17. The van der Waals surface area contributed by atoms with Crippen LogP contribution in [-0.2, 0) is 24.1 Å². The lowest BCUT2D eigenvalue weighted by Gasteiger charge is -2.54. The number of carbonyl (C=O) groups is 3. The number of benzene rings is 3. The number of aryl methyl sites for hydroxylation is 1. The van der Waals surface area contributed by atoms with Gasteiger partial charge in [-0.05, 0) is 68.7 Å². The fourth-order valence-corrected chi connectivity index (χ4v) is 8.39. The molecule has 0 saturated carbocycles. The van der Waals surface area contributed by atoms with Gasteiger partial charge in [-0.2, -0.15) is 0 Å². The van der Waals surface area contributed by atoms with E-state index in [1.165, 1.54) is 0 Å². The molecule has 7 rings (SSSR count). The van der Waals surface area contributed by atoms with E-state index < -0.39 is 45.3 Å². The average molecular weight is 647 g/mol. The largest absolute Gasteiger partial charge is 0.324 e. The van der Waals surface area contributed by atoms with Crippen molar-refractivity contribution in [1.29, 1.82) is 0 Å². The number of carbonyl (C=O) groups excluding carboxylic acids is 3. The number of nitrogens with one attached hydrogen (secondary N) is 1. The number of rotatable bonds is 4. The van der Waals surface area contributed by atoms with Gasteiger partial charge in [0, 0.05) is 10.2 Å². The van der Waals surface area contributed by atoms with E-state index in [1.807, 2.05) is 55.5 Å². The fourth-order valence-electron chi connectivity index (χ4n) is 6.67. The number of hydrogen-bond acceptors (Lipinski definition) is 3. The van der Waals surface area contributed by atoms with Gasteiger partial charge in [-0.15, -0.1) is 23.2 Å². The SMILES string of the molecule is Cc1cc(Br)c(Cl)cc1NC(=O)[C@H](C(C)C)N1C(=O)[C@@H]2[C@@H](C1=O)C1(Cl)c3ccccc3C2(Cl)c2ccccc21. The third kappa shape index (κ3) is 3.48. The number of amides is 3. The Bertz CT molecular complexity index is 1470. The molecule has 3 amide bonds. The maximum atomic E-state index is 14.3. The second-order valence-corrected chi connectivity index (χ2v) is 13.2. The summed E-state index contributed by atoms with van der Waals surface area (Å²) in [4.78, 5) is 40.9. The highest BCUT2D eigenvalue weighted by Gasteiger charge is 2.73. The summed E-state index contributed by atoms with van der Waals surface area (Å²) in [5, 5.41) is 3.32. The molecule has 0 spiro atoms. The van der Waals surface area contributed by atoms with Gasteiger partial charge in [0.05, 0.1) is 16.9 Å². The van der Waals surface area contributed by atoms with Crippen LogP contribution in [0.5, 0.6) is 0 Å². The lowest BCUT2D eigenvalue weighted by Crippen LogP contribution is -2.57. The van der Waals surface area contributed by atoms with Crippen molar-refractivity contribution >= 4 is 74.1 Å². The van der Waals surface area contributed by atoms with Crippen LogP contribution in [0.15, 0.2) is 65.1 Å². The monoisotopic (exact) mass is 644 g/mol. The molecular weight excluding hydrogens is 623 g/mol. The molecule has 39 heavy (non-hydrogen) atoms. The second-order valence-electron chi connectivity index (χ2n) is 10.8. The molecule has 1 fully saturated rings. The van der Waals surface area contributed by atoms with Crippen LogP contribution >= 0.6 is 50.7 Å². The van der Waals surface area contributed by atoms with E-state index in [4.69, 9.17) is 34.8 Å². The van der Waals surface area contributed by atoms with Crippen molar-refractivity contribution in [2.24, 2.45) is 17.8 Å². The van der Waals surface area contributed by atoms with Gasteiger partial charge in [-0.25, -0.2) is 0 Å². The second kappa shape index (κ2) is 9.07. The summed E-state index contributed by atoms with van der Waals surface area (Å²) < 4.78 is 0.698. The number of imide groups is 1. The molecule has 1 saturated heterocycles. The summed E-state index contributed by atoms with van der Waals surface area (Å²) in [5.74, 6) is -3.79. The van der Waals surface area contributed by atoms with Crippen molar-refractivity contribution in [1.82, 2.24) is 4.90 Å². The third-order valence-electron chi connectivity index (χ3n) is 8.32. The normalized spacial score (nSPS) is 27.3. The van der Waals surface area contributed by atoms with Crippen molar-refractivity contribution in [2.45, 2.75) is 36.6 Å². The van der Waals surface area contributed by atoms with Crippen LogP contribution in [0.2, 0.25) is 5.02 Å². The highest BCUT2D eigenvalue weighted by molar-refractivity contribution is 9.10. The summed E-state index contributed by atoms with van der Waals surface area (Å²) >= 11 is 24.7. The number of anilines is 1. The zero-order chi connectivity index (χ0) is 28.0. The van der Waals surface area contributed by atoms with Crippen LogP contribution in [-0.4, -0.2) is 28.7 Å². The maximum absolute atomic E-state index is 14.3. The van der Waals surface area contributed by atoms with Gasteiger partial charge < -0.3 is 5.32 Å². The van der Waals surface area contributed by atoms with E-state index in [0.717, 1.165) is 32.7 Å². The molecule has 1 N–H and O–H groups in total. The molecule has 3 aromatic rings. The molecule has 1 heterocycles. The highest BCUT2D eigenvalue weighted by Crippen LogP contribution is 2.69. The smallest absolute Gasteiger partial charge is 0.247 e. The molecule has 5 nitrogen and oxygen atoms in total. The Morgan fingerprint density at radius 1 is 0.897 bits per heavy atom. The topological polar surface area (TPSA) is 66.5 Å². The molecule has 3 aliphatic carbocycles. The Morgan fingerprint density at radius 3 is 1.74 bits per heavy atom. The molecule has 1 aliphatic heterocycles. The van der Waals surface area contributed by atoms with Crippen LogP contribution < -0.4 is 5.32 Å². The maximum Gasteiger partial charge on any atom is 0.247 e. The first-order valence-corrected chi connectivity index (χ1v) is 14.6. The Labute approximate surface area is 249 Å². The van der Waals surface area contributed by atoms with E-state index in [2.05, 4.69) is 21.2 Å². The molecule has 2 bridgehead atoms. The standard InChI is InChI=1S/C30H24BrCl3N2O3/c1-14(2)25(26(37)35-22-13-21(32)20(31)12-15(22)3)36-27(38)23-24(28(36)39)30(34)17-9-5-4-8-16(17)29(23,33)18-10-6-7-11-19(18)30/h4-14,23-25H,1-3H3,(H,35,37)/t23-,24-,25-,29?,30?/m0/s1. The van der Waals surface area contributed by atoms with Crippen molar-refractivity contribution in [2.75, 3.05) is 5.32 Å². The predicted molar refractivity (Wildman–Crippen MR) is 156 cm³/mol. The van der Waals surface area contributed by atoms with Crippen LogP contribution in [0.1, 0.15) is 41.7 Å². The van der Waals surface area contributed by atoms with Gasteiger partial charge in [0.1, 0.15) is 15.8 Å². The molecule has 3 aromatic carbocycles. The Morgan fingerprint density at radius 2 is 1.33 bits per heavy atom. The molecule has 0 unspecified atom stereocenters. The van der Waals surface area contributed by atoms with Gasteiger partial charge in [-0.3, -0.25) is 19.3 Å². The summed E-state index contributed by atoms with van der Waals surface area (Å²) in [6, 6.07) is 17.3. The minimum atomic E-state index is -1.30. The molecule has 0 radical (unpaired) electrons. The minimum absolute atomic E-state index is 0.385. The van der Waals surface area contributed by atoms with Crippen molar-refractivity contribution in [3.05, 3.63) is 98.0 Å². The minimum Gasteiger partial charge on any atom is -0.324 e. The van der Waals surface area contributed by atoms with Gasteiger partial charge in [0.15, 0.2) is 0 Å². The van der Waals surface area contributed by atoms with Crippen molar-refractivity contribution < 1.29 is 14.4 Å². The molecule has 0 aromatic heterocycles. The van der Waals surface area contributed by atoms with Gasteiger partial charge >= 0.3 is 0 Å². The van der Waals surface area contributed by atoms with E-state index >= 15 is 0 Å². The zero-order valence-corrected chi connectivity index (χ0v) is 25.1. The van der Waals surface area contributed by atoms with E-state index in [1.54, 1.807) is 26.0 Å². The number of halogens is 4. The predicted octanol–water partition coefficient (Wildman–Crippen LogP) is 6.97. The van der Waals surface area contributed by atoms with Crippen LogP contribution in [0, 0.1) is 24.7 Å². The summed E-state index contributed by atoms with van der Waals surface area (Å²) in [6.45, 7) is 5.45. The number of hydrogen-bond donors (Lipinski definition) is 1. The van der Waals surface area contributed by atoms with Crippen LogP contribution in [0.25, 0.3) is 0 Å². The Kier molecular flexibility index (Phi) is 6.24. The first-order chi connectivity index (χ1) is 18.4. The van der Waals surface area contributed by atoms with Crippen LogP contribution in [0.3, 0.4) is 0 Å². The number of likely N-dealkylation sites (tertiary alicyclic amines) is 1. The van der Waals surface area contributed by atoms with Crippen molar-refractivity contribution in [3.63, 3.8) is 0 Å². The quantitative estimate of drug-likeness (QED) is 0.246. The Balaban J connectivity index is 1.47. The van der Waals surface area contributed by atoms with Gasteiger partial charge in [-0.1, -0.05) is 74.0 Å². The molecule has 9 heteroatoms. The van der Waals surface area contributed by atoms with E-state index in [-0.39, 0.29) is 5.92 Å². The zero-order valence-electron chi connectivity index (χ0n) is 21.3. The fraction of sp³-hybridized carbons (Fsp3) is 0.300. The summed E-state index contributed by atoms with van der Waals surface area (Å²) in [5.41, 5.74) is 4.15. The third-order valence-corrected chi connectivity index (χ3v) is 10.8. The lowest BCUT2D eigenvalue weighted by molar-refractivity contribution is -0.148. The molecule has 200 valence electrons. The summed E-state index contributed by atoms with van der Waals surface area (Å²) in [7, 11) is 0. The lowest BCUT2D eigenvalue weighted by atomic mass is 9.54. The Hall–Kier alpha value is -2.38. The van der Waals surface area contributed by atoms with Gasteiger partial charge in [0.25, 0.3) is 0 Å². The molecular formula is C30H24BrCl3N2O3. The van der Waals surface area contributed by atoms with Crippen molar-refractivity contribution in [3.8, 4) is 0 Å². The summed E-state index contributed by atoms with van der Waals surface area (Å²) in [6.07, 6.45) is 0. The highest BCUT2D eigenvalue weighted by atomic mass is 79.9. The molecule has 4 aliphatic rings. The van der Waals surface area contributed by atoms with Gasteiger partial charge in [0.2, 0.25) is 17.7 Å². The number of alkyl halides is 2. The van der Waals surface area contributed by atoms with E-state index in [9.17, 15) is 14.4 Å². The van der Waals surface area contributed by atoms with E-state index in [0.29, 0.717) is 15.2 Å². The molecule has 3 atom stereocenters. The van der Waals surface area contributed by atoms with Crippen LogP contribution in [0.4, 0.5) is 5.69 Å². The number of nitrogens with zero attached hydrogens (tertiary/aromatic N) is 1. The first-order valence-electron chi connectivity index (χ1n) is 12.6. The first kappa shape index (κ1) is 26.8.